The molecule has 3 rings (SSSR count). The van der Waals surface area contributed by atoms with Gasteiger partial charge in [-0.05, 0) is 37.8 Å². The summed E-state index contributed by atoms with van der Waals surface area (Å²) in [6.45, 7) is 3.43. The second-order valence-corrected chi connectivity index (χ2v) is 8.87. The monoisotopic (exact) mass is 391 g/mol. The zero-order valence-corrected chi connectivity index (χ0v) is 16.5. The van der Waals surface area contributed by atoms with Crippen molar-refractivity contribution in [1.82, 2.24) is 14.6 Å². The number of nitrogens with zero attached hydrogens (tertiary/aromatic N) is 2. The zero-order valence-electron chi connectivity index (χ0n) is 15.6. The molecule has 146 valence electrons. The molecular weight excluding hydrogens is 366 g/mol. The van der Waals surface area contributed by atoms with Crippen LogP contribution < -0.4 is 4.72 Å². The number of amides is 1. The number of oxazole rings is 1. The van der Waals surface area contributed by atoms with Crippen LogP contribution in [-0.2, 0) is 21.2 Å². The predicted molar refractivity (Wildman–Crippen MR) is 103 cm³/mol. The molecule has 1 unspecified atom stereocenters. The van der Waals surface area contributed by atoms with Gasteiger partial charge in [0.25, 0.3) is 0 Å². The SMILES string of the molecule is Cc1oc(-c2ccccc2)nc1CC(=O)N1CCCC(CNS(C)(=O)=O)C1. The van der Waals surface area contributed by atoms with E-state index in [1.54, 1.807) is 4.90 Å². The van der Waals surface area contributed by atoms with Crippen molar-refractivity contribution in [3.05, 3.63) is 41.8 Å². The number of hydrogen-bond donors (Lipinski definition) is 1. The number of hydrogen-bond acceptors (Lipinski definition) is 5. The number of rotatable bonds is 6. The highest BCUT2D eigenvalue weighted by Gasteiger charge is 2.25. The number of benzene rings is 1. The van der Waals surface area contributed by atoms with E-state index in [1.165, 1.54) is 0 Å². The van der Waals surface area contributed by atoms with E-state index in [9.17, 15) is 13.2 Å². The fourth-order valence-electron chi connectivity index (χ4n) is 3.28. The third-order valence-electron chi connectivity index (χ3n) is 4.74. The van der Waals surface area contributed by atoms with Gasteiger partial charge in [-0.1, -0.05) is 18.2 Å². The van der Waals surface area contributed by atoms with Crippen LogP contribution in [0.15, 0.2) is 34.7 Å². The number of carbonyl (C=O) groups is 1. The quantitative estimate of drug-likeness (QED) is 0.813. The summed E-state index contributed by atoms with van der Waals surface area (Å²) in [5.41, 5.74) is 1.53. The number of likely N-dealkylation sites (tertiary alicyclic amines) is 1. The van der Waals surface area contributed by atoms with Gasteiger partial charge in [0.1, 0.15) is 5.76 Å². The summed E-state index contributed by atoms with van der Waals surface area (Å²) >= 11 is 0. The Balaban J connectivity index is 1.62. The third kappa shape index (κ3) is 5.40. The second kappa shape index (κ2) is 8.22. The Hall–Kier alpha value is -2.19. The van der Waals surface area contributed by atoms with Crippen molar-refractivity contribution >= 4 is 15.9 Å². The Bertz CT molecular complexity index is 893. The zero-order chi connectivity index (χ0) is 19.4. The van der Waals surface area contributed by atoms with E-state index in [-0.39, 0.29) is 18.2 Å². The van der Waals surface area contributed by atoms with Crippen molar-refractivity contribution in [2.75, 3.05) is 25.9 Å². The molecule has 0 spiro atoms. The molecule has 1 N–H and O–H groups in total. The van der Waals surface area contributed by atoms with Crippen LogP contribution in [0.25, 0.3) is 11.5 Å². The molecule has 0 radical (unpaired) electrons. The van der Waals surface area contributed by atoms with Crippen molar-refractivity contribution in [2.45, 2.75) is 26.2 Å². The average Bonchev–Trinajstić information content (AvgIpc) is 3.01. The summed E-state index contributed by atoms with van der Waals surface area (Å²) in [5.74, 6) is 1.30. The molecule has 0 bridgehead atoms. The Kier molecular flexibility index (Phi) is 5.96. The molecule has 1 aromatic heterocycles. The molecule has 1 atom stereocenters. The van der Waals surface area contributed by atoms with Gasteiger partial charge in [0.2, 0.25) is 21.8 Å². The molecule has 1 fully saturated rings. The minimum atomic E-state index is -3.21. The molecule has 2 aromatic rings. The Morgan fingerprint density at radius 1 is 1.33 bits per heavy atom. The molecule has 0 saturated carbocycles. The first-order chi connectivity index (χ1) is 12.8. The molecule has 1 saturated heterocycles. The van der Waals surface area contributed by atoms with E-state index in [2.05, 4.69) is 9.71 Å². The van der Waals surface area contributed by atoms with E-state index in [4.69, 9.17) is 4.42 Å². The fourth-order valence-corrected chi connectivity index (χ4v) is 3.82. The molecule has 1 amide bonds. The summed E-state index contributed by atoms with van der Waals surface area (Å²) in [6, 6.07) is 9.59. The average molecular weight is 391 g/mol. The van der Waals surface area contributed by atoms with Crippen molar-refractivity contribution < 1.29 is 17.6 Å². The standard InChI is InChI=1S/C19H25N3O4S/c1-14-17(21-19(26-14)16-8-4-3-5-9-16)11-18(23)22-10-6-7-15(13-22)12-20-27(2,24)25/h3-5,8-9,15,20H,6-7,10-13H2,1-2H3. The molecular formula is C19H25N3O4S. The van der Waals surface area contributed by atoms with E-state index in [1.807, 2.05) is 37.3 Å². The van der Waals surface area contributed by atoms with Gasteiger partial charge in [-0.3, -0.25) is 4.79 Å². The first-order valence-electron chi connectivity index (χ1n) is 9.06. The topological polar surface area (TPSA) is 92.5 Å². The molecule has 7 nitrogen and oxygen atoms in total. The normalized spacial score (nSPS) is 17.9. The summed E-state index contributed by atoms with van der Waals surface area (Å²) in [7, 11) is -3.21. The summed E-state index contributed by atoms with van der Waals surface area (Å²) in [5, 5.41) is 0. The molecule has 0 aliphatic carbocycles. The Morgan fingerprint density at radius 2 is 2.07 bits per heavy atom. The third-order valence-corrected chi connectivity index (χ3v) is 5.43. The van der Waals surface area contributed by atoms with Crippen molar-refractivity contribution in [1.29, 1.82) is 0 Å². The maximum Gasteiger partial charge on any atom is 0.228 e. The summed E-state index contributed by atoms with van der Waals surface area (Å²) in [6.07, 6.45) is 3.12. The van der Waals surface area contributed by atoms with Crippen LogP contribution in [0.1, 0.15) is 24.3 Å². The fraction of sp³-hybridized carbons (Fsp3) is 0.474. The lowest BCUT2D eigenvalue weighted by Crippen LogP contribution is -2.44. The smallest absolute Gasteiger partial charge is 0.228 e. The van der Waals surface area contributed by atoms with Gasteiger partial charge in [0, 0.05) is 25.2 Å². The molecule has 8 heteroatoms. The second-order valence-electron chi connectivity index (χ2n) is 7.03. The van der Waals surface area contributed by atoms with Gasteiger partial charge < -0.3 is 9.32 Å². The molecule has 1 aliphatic heterocycles. The minimum absolute atomic E-state index is 0.00457. The number of aromatic nitrogens is 1. The van der Waals surface area contributed by atoms with Gasteiger partial charge in [-0.2, -0.15) is 0 Å². The van der Waals surface area contributed by atoms with Gasteiger partial charge in [0.15, 0.2) is 0 Å². The number of carbonyl (C=O) groups excluding carboxylic acids is 1. The van der Waals surface area contributed by atoms with E-state index in [0.29, 0.717) is 37.0 Å². The highest BCUT2D eigenvalue weighted by Crippen LogP contribution is 2.23. The van der Waals surface area contributed by atoms with Crippen molar-refractivity contribution in [2.24, 2.45) is 5.92 Å². The predicted octanol–water partition coefficient (Wildman–Crippen LogP) is 1.98. The van der Waals surface area contributed by atoms with Gasteiger partial charge in [0.05, 0.1) is 18.4 Å². The van der Waals surface area contributed by atoms with Gasteiger partial charge in [-0.25, -0.2) is 18.1 Å². The van der Waals surface area contributed by atoms with E-state index >= 15 is 0 Å². The number of sulfonamides is 1. The van der Waals surface area contributed by atoms with Crippen LogP contribution in [0.5, 0.6) is 0 Å². The maximum absolute atomic E-state index is 12.7. The van der Waals surface area contributed by atoms with Crippen LogP contribution >= 0.6 is 0 Å². The lowest BCUT2D eigenvalue weighted by molar-refractivity contribution is -0.132. The largest absolute Gasteiger partial charge is 0.441 e. The summed E-state index contributed by atoms with van der Waals surface area (Å²) in [4.78, 5) is 19.0. The number of aryl methyl sites for hydroxylation is 1. The minimum Gasteiger partial charge on any atom is -0.441 e. The van der Waals surface area contributed by atoms with E-state index in [0.717, 1.165) is 24.7 Å². The highest BCUT2D eigenvalue weighted by atomic mass is 32.2. The van der Waals surface area contributed by atoms with Crippen LogP contribution in [-0.4, -0.2) is 50.1 Å². The van der Waals surface area contributed by atoms with E-state index < -0.39 is 10.0 Å². The molecule has 1 aromatic carbocycles. The number of piperidine rings is 1. The van der Waals surface area contributed by atoms with Crippen molar-refractivity contribution in [3.8, 4) is 11.5 Å². The molecule has 27 heavy (non-hydrogen) atoms. The van der Waals surface area contributed by atoms with Crippen LogP contribution in [0.4, 0.5) is 0 Å². The summed E-state index contributed by atoms with van der Waals surface area (Å²) < 4.78 is 30.8. The Labute approximate surface area is 159 Å². The highest BCUT2D eigenvalue weighted by molar-refractivity contribution is 7.88. The van der Waals surface area contributed by atoms with Gasteiger partial charge >= 0.3 is 0 Å². The van der Waals surface area contributed by atoms with Crippen LogP contribution in [0.2, 0.25) is 0 Å². The first kappa shape index (κ1) is 19.6. The van der Waals surface area contributed by atoms with Crippen LogP contribution in [0.3, 0.4) is 0 Å². The van der Waals surface area contributed by atoms with Crippen molar-refractivity contribution in [3.63, 3.8) is 0 Å². The molecule has 2 heterocycles. The lowest BCUT2D eigenvalue weighted by atomic mass is 9.98. The Morgan fingerprint density at radius 3 is 2.78 bits per heavy atom. The lowest BCUT2D eigenvalue weighted by Gasteiger charge is -2.32. The molecule has 1 aliphatic rings. The van der Waals surface area contributed by atoms with Crippen LogP contribution in [0, 0.1) is 12.8 Å². The maximum atomic E-state index is 12.7. The number of nitrogens with one attached hydrogen (secondary N) is 1. The first-order valence-corrected chi connectivity index (χ1v) is 10.9. The van der Waals surface area contributed by atoms with Gasteiger partial charge in [-0.15, -0.1) is 0 Å².